The number of amides is 3. The molecule has 1 unspecified atom stereocenters. The molecule has 0 spiro atoms. The zero-order valence-corrected chi connectivity index (χ0v) is 14.6. The molecule has 3 N–H and O–H groups in total. The maximum atomic E-state index is 11.5. The Morgan fingerprint density at radius 3 is 2.00 bits per heavy atom. The Hall–Kier alpha value is 0.799. The molecule has 0 saturated carbocycles. The summed E-state index contributed by atoms with van der Waals surface area (Å²) in [5.41, 5.74) is 0. The molecule has 3 amide bonds. The molecule has 6 nitrogen and oxygen atoms in total. The Balaban J connectivity index is -0.00000112. The van der Waals surface area contributed by atoms with E-state index in [0.29, 0.717) is 6.54 Å². The van der Waals surface area contributed by atoms with Crippen LogP contribution in [0.2, 0.25) is 0 Å². The van der Waals surface area contributed by atoms with Crippen molar-refractivity contribution in [1.29, 1.82) is 0 Å². The molecule has 0 aliphatic rings. The van der Waals surface area contributed by atoms with Gasteiger partial charge in [-0.1, -0.05) is 6.92 Å². The maximum Gasteiger partial charge on any atom is 0.244 e. The molecule has 0 fully saturated rings. The van der Waals surface area contributed by atoms with Gasteiger partial charge in [0.1, 0.15) is 6.04 Å². The van der Waals surface area contributed by atoms with Crippen LogP contribution < -0.4 is 16.0 Å². The molecular weight excluding hydrogens is 525 g/mol. The van der Waals surface area contributed by atoms with Crippen LogP contribution in [-0.2, 0) is 14.4 Å². The SMILES string of the molecule is [CH2-]C(=O)NCC(NC([CH2-])=O)C(=O)NCCC.[Gd].[Gd]. The van der Waals surface area contributed by atoms with E-state index in [4.69, 9.17) is 0 Å². The van der Waals surface area contributed by atoms with Crippen LogP contribution in [-0.4, -0.2) is 36.9 Å². The first-order valence-corrected chi connectivity index (χ1v) is 4.97. The summed E-state index contributed by atoms with van der Waals surface area (Å²) < 4.78 is 0. The number of rotatable bonds is 6. The van der Waals surface area contributed by atoms with Gasteiger partial charge in [-0.05, 0) is 6.42 Å². The summed E-state index contributed by atoms with van der Waals surface area (Å²) in [6.07, 6.45) is 0.790. The Morgan fingerprint density at radius 1 is 1.06 bits per heavy atom. The first-order chi connectivity index (χ1) is 7.47. The van der Waals surface area contributed by atoms with E-state index in [9.17, 15) is 14.4 Å². The van der Waals surface area contributed by atoms with Crippen molar-refractivity contribution in [3.8, 4) is 0 Å². The van der Waals surface area contributed by atoms with Crippen LogP contribution in [0.1, 0.15) is 13.3 Å². The summed E-state index contributed by atoms with van der Waals surface area (Å²) in [6, 6.07) is -0.817. The van der Waals surface area contributed by atoms with E-state index in [2.05, 4.69) is 29.8 Å². The molecule has 0 aromatic heterocycles. The zero-order valence-electron chi connectivity index (χ0n) is 10.0. The molecule has 0 aromatic carbocycles. The summed E-state index contributed by atoms with van der Waals surface area (Å²) in [4.78, 5) is 32.9. The van der Waals surface area contributed by atoms with Crippen LogP contribution in [0.25, 0.3) is 0 Å². The summed E-state index contributed by atoms with van der Waals surface area (Å²) in [6.45, 7) is 8.63. The Labute approximate surface area is 172 Å². The van der Waals surface area contributed by atoms with Crippen molar-refractivity contribution in [1.82, 2.24) is 16.0 Å². The van der Waals surface area contributed by atoms with E-state index in [1.807, 2.05) is 6.92 Å². The summed E-state index contributed by atoms with van der Waals surface area (Å²) in [5.74, 6) is -1.44. The summed E-state index contributed by atoms with van der Waals surface area (Å²) >= 11 is 0. The Kier molecular flexibility index (Phi) is 18.8. The van der Waals surface area contributed by atoms with E-state index in [0.717, 1.165) is 6.42 Å². The van der Waals surface area contributed by atoms with Gasteiger partial charge in [-0.25, -0.2) is 0 Å². The Bertz CT molecular complexity index is 275. The molecule has 18 heavy (non-hydrogen) atoms. The molecule has 0 rings (SSSR count). The van der Waals surface area contributed by atoms with Gasteiger partial charge in [-0.15, -0.1) is 0 Å². The van der Waals surface area contributed by atoms with Gasteiger partial charge >= 0.3 is 0 Å². The minimum Gasteiger partial charge on any atom is -0.378 e. The maximum absolute atomic E-state index is 11.5. The number of hydrogen-bond acceptors (Lipinski definition) is 3. The fourth-order valence-corrected chi connectivity index (χ4v) is 0.991. The van der Waals surface area contributed by atoms with Crippen LogP contribution in [0.5, 0.6) is 0 Å². The molecule has 0 bridgehead atoms. The van der Waals surface area contributed by atoms with Gasteiger partial charge in [0.2, 0.25) is 5.91 Å². The average Bonchev–Trinajstić information content (AvgIpc) is 2.19. The van der Waals surface area contributed by atoms with Crippen molar-refractivity contribution in [3.05, 3.63) is 13.8 Å². The minimum atomic E-state index is -0.817. The van der Waals surface area contributed by atoms with Gasteiger partial charge in [0.25, 0.3) is 0 Å². The quantitative estimate of drug-likeness (QED) is 0.369. The second-order valence-electron chi connectivity index (χ2n) is 3.22. The van der Waals surface area contributed by atoms with Gasteiger partial charge in [0, 0.05) is 93.0 Å². The van der Waals surface area contributed by atoms with Gasteiger partial charge in [-0.3, -0.25) is 4.79 Å². The third-order valence-corrected chi connectivity index (χ3v) is 1.70. The number of carbonyl (C=O) groups excluding carboxylic acids is 3. The molecule has 0 saturated heterocycles. The van der Waals surface area contributed by atoms with E-state index in [1.54, 1.807) is 0 Å². The predicted octanol–water partition coefficient (Wildman–Crippen LogP) is -1.22. The molecular formula is C10H17Gd2N3O3-2. The van der Waals surface area contributed by atoms with Crippen molar-refractivity contribution in [2.75, 3.05) is 13.1 Å². The largest absolute Gasteiger partial charge is 0.378 e. The zero-order chi connectivity index (χ0) is 12.6. The topological polar surface area (TPSA) is 87.3 Å². The summed E-state index contributed by atoms with van der Waals surface area (Å²) in [7, 11) is 0. The fourth-order valence-electron chi connectivity index (χ4n) is 0.991. The van der Waals surface area contributed by atoms with Crippen LogP contribution >= 0.6 is 0 Å². The molecule has 0 aliphatic heterocycles. The third-order valence-electron chi connectivity index (χ3n) is 1.70. The third kappa shape index (κ3) is 13.2. The monoisotopic (exact) mass is 543 g/mol. The van der Waals surface area contributed by atoms with Crippen LogP contribution in [0.15, 0.2) is 0 Å². The van der Waals surface area contributed by atoms with Crippen molar-refractivity contribution in [3.63, 3.8) is 0 Å². The van der Waals surface area contributed by atoms with Crippen LogP contribution in [0.3, 0.4) is 0 Å². The van der Waals surface area contributed by atoms with E-state index in [-0.39, 0.29) is 92.3 Å². The standard InChI is InChI=1S/C10H17N3O3.2Gd/c1-4-5-11-10(16)9(13-8(3)15)6-12-7(2)14;;/h9H,2-6H2,1H3,(H,11,16)(H,12,14)(H,13,15);;/q-2;;. The molecule has 0 heterocycles. The molecule has 0 aromatic rings. The van der Waals surface area contributed by atoms with Gasteiger partial charge in [0.05, 0.1) is 11.8 Å². The molecule has 0 aliphatic carbocycles. The van der Waals surface area contributed by atoms with Gasteiger partial charge in [0.15, 0.2) is 0 Å². The first kappa shape index (κ1) is 23.9. The number of carbonyl (C=O) groups is 3. The van der Waals surface area contributed by atoms with Crippen molar-refractivity contribution < 1.29 is 94.3 Å². The normalized spacial score (nSPS) is 10.1. The van der Waals surface area contributed by atoms with Crippen molar-refractivity contribution >= 4 is 17.7 Å². The van der Waals surface area contributed by atoms with Gasteiger partial charge < -0.3 is 39.4 Å². The van der Waals surface area contributed by atoms with E-state index < -0.39 is 17.9 Å². The molecule has 108 valence electrons. The number of hydrogen-bond donors (Lipinski definition) is 3. The van der Waals surface area contributed by atoms with Gasteiger partial charge in [-0.2, -0.15) is 0 Å². The second kappa shape index (κ2) is 14.2. The summed E-state index contributed by atoms with van der Waals surface area (Å²) in [5, 5.41) is 7.30. The van der Waals surface area contributed by atoms with Crippen molar-refractivity contribution in [2.45, 2.75) is 19.4 Å². The van der Waals surface area contributed by atoms with Crippen LogP contribution in [0.4, 0.5) is 0 Å². The smallest absolute Gasteiger partial charge is 0.244 e. The minimum absolute atomic E-state index is 0. The van der Waals surface area contributed by atoms with Crippen LogP contribution in [0, 0.1) is 93.7 Å². The van der Waals surface area contributed by atoms with E-state index in [1.165, 1.54) is 0 Å². The number of nitrogens with one attached hydrogen (secondary N) is 3. The predicted molar refractivity (Wildman–Crippen MR) is 59.0 cm³/mol. The molecule has 0 radical (unpaired) electrons. The molecule has 8 heteroatoms. The average molecular weight is 542 g/mol. The first-order valence-electron chi connectivity index (χ1n) is 4.97. The molecule has 1 atom stereocenters. The van der Waals surface area contributed by atoms with E-state index >= 15 is 0 Å². The second-order valence-corrected chi connectivity index (χ2v) is 3.22. The Morgan fingerprint density at radius 2 is 1.61 bits per heavy atom. The fraction of sp³-hybridized carbons (Fsp3) is 0.500. The van der Waals surface area contributed by atoms with Crippen molar-refractivity contribution in [2.24, 2.45) is 0 Å².